The minimum Gasteiger partial charge on any atom is -0.379 e. The van der Waals surface area contributed by atoms with E-state index in [4.69, 9.17) is 10.5 Å². The van der Waals surface area contributed by atoms with Crippen molar-refractivity contribution in [2.75, 3.05) is 13.2 Å². The van der Waals surface area contributed by atoms with Crippen LogP contribution in [0.1, 0.15) is 37.4 Å². The molecule has 108 valence electrons. The minimum atomic E-state index is -4.34. The van der Waals surface area contributed by atoms with Crippen molar-refractivity contribution in [2.24, 2.45) is 11.7 Å². The summed E-state index contributed by atoms with van der Waals surface area (Å²) in [6.45, 7) is 4.96. The summed E-state index contributed by atoms with van der Waals surface area (Å²) in [4.78, 5) is 0. The molecule has 0 spiro atoms. The maximum atomic E-state index is 12.6. The van der Waals surface area contributed by atoms with Crippen molar-refractivity contribution >= 4 is 0 Å². The molecule has 0 aromatic heterocycles. The Bertz CT molecular complexity index is 391. The Morgan fingerprint density at radius 2 is 1.95 bits per heavy atom. The van der Waals surface area contributed by atoms with Crippen LogP contribution in [0.2, 0.25) is 0 Å². The van der Waals surface area contributed by atoms with Crippen molar-refractivity contribution in [1.29, 1.82) is 0 Å². The van der Waals surface area contributed by atoms with E-state index in [0.717, 1.165) is 18.6 Å². The van der Waals surface area contributed by atoms with E-state index in [1.807, 2.05) is 0 Å². The SMILES string of the molecule is CC(C)CCOCC(N)c1cccc(C(F)(F)F)c1. The van der Waals surface area contributed by atoms with Gasteiger partial charge >= 0.3 is 6.18 Å². The lowest BCUT2D eigenvalue weighted by Crippen LogP contribution is -2.18. The topological polar surface area (TPSA) is 35.2 Å². The zero-order valence-electron chi connectivity index (χ0n) is 11.2. The molecule has 0 bridgehead atoms. The van der Waals surface area contributed by atoms with Crippen molar-refractivity contribution in [2.45, 2.75) is 32.5 Å². The van der Waals surface area contributed by atoms with Crippen molar-refractivity contribution in [3.63, 3.8) is 0 Å². The summed E-state index contributed by atoms with van der Waals surface area (Å²) < 4.78 is 43.0. The highest BCUT2D eigenvalue weighted by Gasteiger charge is 2.30. The Hall–Kier alpha value is -1.07. The highest BCUT2D eigenvalue weighted by atomic mass is 19.4. The third-order valence-corrected chi connectivity index (χ3v) is 2.78. The first-order chi connectivity index (χ1) is 8.80. The number of halogens is 3. The molecule has 1 rings (SSSR count). The average Bonchev–Trinajstić information content (AvgIpc) is 2.33. The number of benzene rings is 1. The van der Waals surface area contributed by atoms with Crippen LogP contribution in [0, 0.1) is 5.92 Å². The first-order valence-electron chi connectivity index (χ1n) is 6.31. The predicted molar refractivity (Wildman–Crippen MR) is 68.6 cm³/mol. The summed E-state index contributed by atoms with van der Waals surface area (Å²) in [5.41, 5.74) is 5.60. The van der Waals surface area contributed by atoms with Gasteiger partial charge in [-0.2, -0.15) is 13.2 Å². The number of ether oxygens (including phenoxy) is 1. The summed E-state index contributed by atoms with van der Waals surface area (Å²) in [5, 5.41) is 0. The number of hydrogen-bond acceptors (Lipinski definition) is 2. The van der Waals surface area contributed by atoms with Crippen LogP contribution < -0.4 is 5.73 Å². The Balaban J connectivity index is 2.55. The standard InChI is InChI=1S/C14H20F3NO/c1-10(2)6-7-19-9-13(18)11-4-3-5-12(8-11)14(15,16)17/h3-5,8,10,13H,6-7,9,18H2,1-2H3. The first kappa shape index (κ1) is 16.0. The molecule has 1 atom stereocenters. The molecule has 19 heavy (non-hydrogen) atoms. The van der Waals surface area contributed by atoms with Gasteiger partial charge in [0.15, 0.2) is 0 Å². The lowest BCUT2D eigenvalue weighted by molar-refractivity contribution is -0.137. The van der Waals surface area contributed by atoms with E-state index in [1.54, 1.807) is 6.07 Å². The van der Waals surface area contributed by atoms with Crippen LogP contribution in [0.4, 0.5) is 13.2 Å². The fourth-order valence-corrected chi connectivity index (χ4v) is 1.57. The number of rotatable bonds is 6. The molecule has 0 aliphatic heterocycles. The molecule has 0 saturated carbocycles. The van der Waals surface area contributed by atoms with E-state index >= 15 is 0 Å². The maximum Gasteiger partial charge on any atom is 0.416 e. The third kappa shape index (κ3) is 5.61. The summed E-state index contributed by atoms with van der Waals surface area (Å²) >= 11 is 0. The molecule has 1 aromatic carbocycles. The molecule has 0 radical (unpaired) electrons. The normalized spacial score (nSPS) is 13.8. The molecular weight excluding hydrogens is 255 g/mol. The zero-order valence-corrected chi connectivity index (χ0v) is 11.2. The Morgan fingerprint density at radius 1 is 1.26 bits per heavy atom. The summed E-state index contributed by atoms with van der Waals surface area (Å²) in [5.74, 6) is 0.532. The largest absolute Gasteiger partial charge is 0.416 e. The van der Waals surface area contributed by atoms with Crippen LogP contribution in [0.5, 0.6) is 0 Å². The molecule has 1 aromatic rings. The molecule has 0 fully saturated rings. The summed E-state index contributed by atoms with van der Waals surface area (Å²) in [6, 6.07) is 4.54. The third-order valence-electron chi connectivity index (χ3n) is 2.78. The lowest BCUT2D eigenvalue weighted by Gasteiger charge is -2.15. The van der Waals surface area contributed by atoms with E-state index in [0.29, 0.717) is 18.1 Å². The van der Waals surface area contributed by atoms with Crippen LogP contribution in [0.25, 0.3) is 0 Å². The molecule has 0 amide bonds. The smallest absolute Gasteiger partial charge is 0.379 e. The van der Waals surface area contributed by atoms with Gasteiger partial charge in [0.1, 0.15) is 0 Å². The van der Waals surface area contributed by atoms with Gasteiger partial charge in [0, 0.05) is 6.61 Å². The highest BCUT2D eigenvalue weighted by Crippen LogP contribution is 2.30. The molecule has 1 unspecified atom stereocenters. The molecule has 2 N–H and O–H groups in total. The number of hydrogen-bond donors (Lipinski definition) is 1. The second kappa shape index (κ2) is 6.91. The maximum absolute atomic E-state index is 12.6. The van der Waals surface area contributed by atoms with Crippen LogP contribution in [0.3, 0.4) is 0 Å². The van der Waals surface area contributed by atoms with Crippen molar-refractivity contribution in [1.82, 2.24) is 0 Å². The number of nitrogens with two attached hydrogens (primary N) is 1. The van der Waals surface area contributed by atoms with Crippen LogP contribution in [-0.2, 0) is 10.9 Å². The predicted octanol–water partition coefficient (Wildman–Crippen LogP) is 3.77. The fourth-order valence-electron chi connectivity index (χ4n) is 1.57. The van der Waals surface area contributed by atoms with E-state index < -0.39 is 17.8 Å². The van der Waals surface area contributed by atoms with E-state index in [-0.39, 0.29) is 6.61 Å². The second-order valence-corrected chi connectivity index (χ2v) is 4.99. The average molecular weight is 275 g/mol. The van der Waals surface area contributed by atoms with Gasteiger partial charge in [-0.1, -0.05) is 26.0 Å². The van der Waals surface area contributed by atoms with Crippen molar-refractivity contribution < 1.29 is 17.9 Å². The molecule has 0 aliphatic rings. The van der Waals surface area contributed by atoms with E-state index in [9.17, 15) is 13.2 Å². The molecular formula is C14H20F3NO. The van der Waals surface area contributed by atoms with Crippen molar-refractivity contribution in [3.8, 4) is 0 Å². The van der Waals surface area contributed by atoms with Crippen molar-refractivity contribution in [3.05, 3.63) is 35.4 Å². The summed E-state index contributed by atoms with van der Waals surface area (Å²) in [6.07, 6.45) is -3.43. The Labute approximate surface area is 111 Å². The van der Waals surface area contributed by atoms with Gasteiger partial charge in [-0.05, 0) is 30.0 Å². The molecule has 5 heteroatoms. The first-order valence-corrected chi connectivity index (χ1v) is 6.31. The van der Waals surface area contributed by atoms with Gasteiger partial charge in [-0.25, -0.2) is 0 Å². The fraction of sp³-hybridized carbons (Fsp3) is 0.571. The van der Waals surface area contributed by atoms with Gasteiger partial charge in [-0.15, -0.1) is 0 Å². The van der Waals surface area contributed by atoms with Crippen LogP contribution in [-0.4, -0.2) is 13.2 Å². The highest BCUT2D eigenvalue weighted by molar-refractivity contribution is 5.27. The second-order valence-electron chi connectivity index (χ2n) is 4.99. The molecule has 2 nitrogen and oxygen atoms in total. The quantitative estimate of drug-likeness (QED) is 0.802. The van der Waals surface area contributed by atoms with Crippen LogP contribution >= 0.6 is 0 Å². The summed E-state index contributed by atoms with van der Waals surface area (Å²) in [7, 11) is 0. The molecule has 0 heterocycles. The van der Waals surface area contributed by atoms with E-state index in [1.165, 1.54) is 6.07 Å². The van der Waals surface area contributed by atoms with Gasteiger partial charge in [0.05, 0.1) is 18.2 Å². The monoisotopic (exact) mass is 275 g/mol. The Kier molecular flexibility index (Phi) is 5.82. The van der Waals surface area contributed by atoms with E-state index in [2.05, 4.69) is 13.8 Å². The number of alkyl halides is 3. The molecule has 0 aliphatic carbocycles. The Morgan fingerprint density at radius 3 is 2.53 bits per heavy atom. The van der Waals surface area contributed by atoms with Gasteiger partial charge in [-0.3, -0.25) is 0 Å². The lowest BCUT2D eigenvalue weighted by atomic mass is 10.0. The van der Waals surface area contributed by atoms with Gasteiger partial charge in [0.25, 0.3) is 0 Å². The minimum absolute atomic E-state index is 0.230. The van der Waals surface area contributed by atoms with Gasteiger partial charge in [0.2, 0.25) is 0 Å². The zero-order chi connectivity index (χ0) is 14.5. The van der Waals surface area contributed by atoms with Crippen LogP contribution in [0.15, 0.2) is 24.3 Å². The van der Waals surface area contributed by atoms with Gasteiger partial charge < -0.3 is 10.5 Å². The molecule has 0 saturated heterocycles.